The summed E-state index contributed by atoms with van der Waals surface area (Å²) in [5.74, 6) is 1.04. The molecule has 2 unspecified atom stereocenters. The SMILES string of the molecule is CNCc1coc(CN2CC(C)OC(C)C2)c1. The summed E-state index contributed by atoms with van der Waals surface area (Å²) < 4.78 is 11.3. The van der Waals surface area contributed by atoms with E-state index < -0.39 is 0 Å². The van der Waals surface area contributed by atoms with Crippen LogP contribution in [0.15, 0.2) is 16.7 Å². The summed E-state index contributed by atoms with van der Waals surface area (Å²) in [6.45, 7) is 7.94. The first-order valence-corrected chi connectivity index (χ1v) is 6.26. The molecule has 0 bridgehead atoms. The second kappa shape index (κ2) is 5.67. The van der Waals surface area contributed by atoms with E-state index in [1.54, 1.807) is 0 Å². The summed E-state index contributed by atoms with van der Waals surface area (Å²) in [6, 6.07) is 2.13. The molecule has 0 amide bonds. The highest BCUT2D eigenvalue weighted by molar-refractivity contribution is 5.12. The predicted octanol–water partition coefficient (Wildman–Crippen LogP) is 1.61. The summed E-state index contributed by atoms with van der Waals surface area (Å²) in [4.78, 5) is 2.39. The van der Waals surface area contributed by atoms with Crippen molar-refractivity contribution in [2.75, 3.05) is 20.1 Å². The van der Waals surface area contributed by atoms with Gasteiger partial charge >= 0.3 is 0 Å². The van der Waals surface area contributed by atoms with Gasteiger partial charge < -0.3 is 14.5 Å². The molecule has 1 N–H and O–H groups in total. The Morgan fingerprint density at radius 2 is 2.06 bits per heavy atom. The topological polar surface area (TPSA) is 37.6 Å². The van der Waals surface area contributed by atoms with Crippen LogP contribution >= 0.6 is 0 Å². The Kier molecular flexibility index (Phi) is 4.20. The minimum absolute atomic E-state index is 0.311. The molecule has 96 valence electrons. The third kappa shape index (κ3) is 3.56. The number of nitrogens with zero attached hydrogens (tertiary/aromatic N) is 1. The molecule has 4 heteroatoms. The van der Waals surface area contributed by atoms with E-state index in [1.165, 1.54) is 5.56 Å². The van der Waals surface area contributed by atoms with Crippen molar-refractivity contribution in [3.05, 3.63) is 23.7 Å². The van der Waals surface area contributed by atoms with E-state index in [9.17, 15) is 0 Å². The Hall–Kier alpha value is -0.840. The van der Waals surface area contributed by atoms with Crippen LogP contribution < -0.4 is 5.32 Å². The average Bonchev–Trinajstić information content (AvgIpc) is 2.64. The Morgan fingerprint density at radius 1 is 1.35 bits per heavy atom. The van der Waals surface area contributed by atoms with Crippen molar-refractivity contribution in [2.24, 2.45) is 0 Å². The molecule has 0 radical (unpaired) electrons. The summed E-state index contributed by atoms with van der Waals surface area (Å²) in [5.41, 5.74) is 1.21. The van der Waals surface area contributed by atoms with Crippen molar-refractivity contribution in [3.8, 4) is 0 Å². The fraction of sp³-hybridized carbons (Fsp3) is 0.692. The summed E-state index contributed by atoms with van der Waals surface area (Å²) in [6.07, 6.45) is 2.45. The average molecular weight is 238 g/mol. The van der Waals surface area contributed by atoms with E-state index in [-0.39, 0.29) is 0 Å². The number of rotatable bonds is 4. The van der Waals surface area contributed by atoms with Crippen molar-refractivity contribution >= 4 is 0 Å². The Balaban J connectivity index is 1.90. The molecule has 0 saturated carbocycles. The molecule has 4 nitrogen and oxygen atoms in total. The maximum absolute atomic E-state index is 5.72. The van der Waals surface area contributed by atoms with E-state index in [4.69, 9.17) is 9.15 Å². The lowest BCUT2D eigenvalue weighted by Crippen LogP contribution is -2.44. The zero-order valence-electron chi connectivity index (χ0n) is 10.9. The smallest absolute Gasteiger partial charge is 0.118 e. The maximum atomic E-state index is 5.72. The summed E-state index contributed by atoms with van der Waals surface area (Å²) in [7, 11) is 1.94. The first kappa shape index (κ1) is 12.6. The fourth-order valence-electron chi connectivity index (χ4n) is 2.44. The first-order valence-electron chi connectivity index (χ1n) is 6.26. The zero-order chi connectivity index (χ0) is 12.3. The number of ether oxygens (including phenoxy) is 1. The van der Waals surface area contributed by atoms with Gasteiger partial charge in [-0.15, -0.1) is 0 Å². The second-order valence-electron chi connectivity index (χ2n) is 4.90. The van der Waals surface area contributed by atoms with Crippen LogP contribution in [0.2, 0.25) is 0 Å². The molecule has 1 aromatic heterocycles. The van der Waals surface area contributed by atoms with Crippen LogP contribution in [0.5, 0.6) is 0 Å². The Bertz CT molecular complexity index is 341. The molecular formula is C13H22N2O2. The van der Waals surface area contributed by atoms with E-state index in [0.29, 0.717) is 12.2 Å². The molecule has 1 aliphatic rings. The monoisotopic (exact) mass is 238 g/mol. The fourth-order valence-corrected chi connectivity index (χ4v) is 2.44. The minimum Gasteiger partial charge on any atom is -0.468 e. The molecule has 0 aliphatic carbocycles. The van der Waals surface area contributed by atoms with Crippen LogP contribution in [-0.2, 0) is 17.8 Å². The lowest BCUT2D eigenvalue weighted by Gasteiger charge is -2.34. The van der Waals surface area contributed by atoms with Gasteiger partial charge in [0.1, 0.15) is 5.76 Å². The van der Waals surface area contributed by atoms with Gasteiger partial charge in [0, 0.05) is 25.2 Å². The second-order valence-corrected chi connectivity index (χ2v) is 4.90. The quantitative estimate of drug-likeness (QED) is 0.864. The van der Waals surface area contributed by atoms with Crippen LogP contribution in [0.1, 0.15) is 25.2 Å². The number of hydrogen-bond donors (Lipinski definition) is 1. The first-order chi connectivity index (χ1) is 8.17. The van der Waals surface area contributed by atoms with Crippen LogP contribution in [0.3, 0.4) is 0 Å². The third-order valence-corrected chi connectivity index (χ3v) is 2.96. The van der Waals surface area contributed by atoms with Gasteiger partial charge in [-0.3, -0.25) is 4.90 Å². The summed E-state index contributed by atoms with van der Waals surface area (Å²) in [5, 5.41) is 3.12. The molecule has 1 aromatic rings. The Morgan fingerprint density at radius 3 is 2.71 bits per heavy atom. The van der Waals surface area contributed by atoms with E-state index in [1.807, 2.05) is 13.3 Å². The van der Waals surface area contributed by atoms with Gasteiger partial charge in [0.2, 0.25) is 0 Å². The van der Waals surface area contributed by atoms with Crippen molar-refractivity contribution in [2.45, 2.75) is 39.1 Å². The molecular weight excluding hydrogens is 216 g/mol. The summed E-state index contributed by atoms with van der Waals surface area (Å²) >= 11 is 0. The van der Waals surface area contributed by atoms with Crippen LogP contribution in [-0.4, -0.2) is 37.2 Å². The minimum atomic E-state index is 0.311. The number of nitrogens with one attached hydrogen (secondary N) is 1. The van der Waals surface area contributed by atoms with Crippen molar-refractivity contribution in [3.63, 3.8) is 0 Å². The number of furan rings is 1. The molecule has 0 spiro atoms. The van der Waals surface area contributed by atoms with Gasteiger partial charge in [0.25, 0.3) is 0 Å². The lowest BCUT2D eigenvalue weighted by atomic mass is 10.2. The van der Waals surface area contributed by atoms with Crippen LogP contribution in [0, 0.1) is 0 Å². The van der Waals surface area contributed by atoms with Gasteiger partial charge in [-0.05, 0) is 27.0 Å². The van der Waals surface area contributed by atoms with Gasteiger partial charge in [-0.25, -0.2) is 0 Å². The maximum Gasteiger partial charge on any atom is 0.118 e. The zero-order valence-corrected chi connectivity index (χ0v) is 10.9. The largest absolute Gasteiger partial charge is 0.468 e. The van der Waals surface area contributed by atoms with Crippen molar-refractivity contribution in [1.29, 1.82) is 0 Å². The van der Waals surface area contributed by atoms with Crippen LogP contribution in [0.4, 0.5) is 0 Å². The molecule has 1 aliphatic heterocycles. The molecule has 2 heterocycles. The standard InChI is InChI=1S/C13H22N2O2/c1-10-6-15(7-11(2)17-10)8-13-4-12(5-14-3)9-16-13/h4,9-11,14H,5-8H2,1-3H3. The van der Waals surface area contributed by atoms with Gasteiger partial charge in [0.05, 0.1) is 25.0 Å². The molecule has 2 rings (SSSR count). The molecule has 17 heavy (non-hydrogen) atoms. The Labute approximate surface area is 103 Å². The molecule has 0 aromatic carbocycles. The molecule has 1 fully saturated rings. The van der Waals surface area contributed by atoms with E-state index in [2.05, 4.69) is 30.1 Å². The van der Waals surface area contributed by atoms with E-state index >= 15 is 0 Å². The highest BCUT2D eigenvalue weighted by Gasteiger charge is 2.22. The van der Waals surface area contributed by atoms with Crippen molar-refractivity contribution in [1.82, 2.24) is 10.2 Å². The van der Waals surface area contributed by atoms with E-state index in [0.717, 1.165) is 31.9 Å². The van der Waals surface area contributed by atoms with Crippen molar-refractivity contribution < 1.29 is 9.15 Å². The normalized spacial score (nSPS) is 26.3. The lowest BCUT2D eigenvalue weighted by molar-refractivity contribution is -0.0718. The predicted molar refractivity (Wildman–Crippen MR) is 66.8 cm³/mol. The molecule has 2 atom stereocenters. The highest BCUT2D eigenvalue weighted by atomic mass is 16.5. The van der Waals surface area contributed by atoms with Gasteiger partial charge in [0.15, 0.2) is 0 Å². The highest BCUT2D eigenvalue weighted by Crippen LogP contribution is 2.15. The number of hydrogen-bond acceptors (Lipinski definition) is 4. The van der Waals surface area contributed by atoms with Gasteiger partial charge in [-0.1, -0.05) is 0 Å². The molecule has 1 saturated heterocycles. The number of morpholine rings is 1. The third-order valence-electron chi connectivity index (χ3n) is 2.96. The van der Waals surface area contributed by atoms with Gasteiger partial charge in [-0.2, -0.15) is 0 Å². The van der Waals surface area contributed by atoms with Crippen LogP contribution in [0.25, 0.3) is 0 Å².